The Morgan fingerprint density at radius 3 is 2.50 bits per heavy atom. The Bertz CT molecular complexity index is 206. The van der Waals surface area contributed by atoms with Crippen LogP contribution >= 0.6 is 11.6 Å². The summed E-state index contributed by atoms with van der Waals surface area (Å²) in [5.41, 5.74) is 1.31. The summed E-state index contributed by atoms with van der Waals surface area (Å²) in [6, 6.07) is 10.4. The molecule has 65 valence electrons. The van der Waals surface area contributed by atoms with E-state index in [0.717, 1.165) is 18.7 Å². The summed E-state index contributed by atoms with van der Waals surface area (Å²) in [5.74, 6) is 1.13. The van der Waals surface area contributed by atoms with Gasteiger partial charge in [0.1, 0.15) is 0 Å². The van der Waals surface area contributed by atoms with Crippen molar-refractivity contribution in [2.45, 2.75) is 18.8 Å². The van der Waals surface area contributed by atoms with Crippen molar-refractivity contribution in [3.63, 3.8) is 0 Å². The van der Waals surface area contributed by atoms with Crippen molar-refractivity contribution in [2.75, 3.05) is 5.88 Å². The first-order chi connectivity index (χ1) is 5.84. The Hall–Kier alpha value is -0.490. The highest BCUT2D eigenvalue weighted by atomic mass is 35.5. The molecule has 1 aromatic carbocycles. The molecule has 0 N–H and O–H groups in total. The monoisotopic (exact) mass is 181 g/mol. The first kappa shape index (κ1) is 9.60. The van der Waals surface area contributed by atoms with Crippen LogP contribution in [0.15, 0.2) is 30.3 Å². The molecule has 0 saturated heterocycles. The molecule has 0 aliphatic carbocycles. The van der Waals surface area contributed by atoms with Crippen molar-refractivity contribution in [3.05, 3.63) is 42.8 Å². The molecule has 0 saturated carbocycles. The second-order valence-corrected chi connectivity index (χ2v) is 3.32. The van der Waals surface area contributed by atoms with Crippen molar-refractivity contribution in [3.8, 4) is 0 Å². The maximum Gasteiger partial charge on any atom is 0.0223 e. The topological polar surface area (TPSA) is 0 Å². The zero-order valence-corrected chi connectivity index (χ0v) is 7.93. The van der Waals surface area contributed by atoms with E-state index in [1.54, 1.807) is 0 Å². The number of rotatable bonds is 4. The van der Waals surface area contributed by atoms with Crippen LogP contribution in [0.25, 0.3) is 0 Å². The van der Waals surface area contributed by atoms with Gasteiger partial charge in [-0.15, -0.1) is 11.6 Å². The molecule has 0 bridgehead atoms. The second kappa shape index (κ2) is 5.21. The van der Waals surface area contributed by atoms with Crippen molar-refractivity contribution in [2.24, 2.45) is 0 Å². The van der Waals surface area contributed by atoms with Gasteiger partial charge >= 0.3 is 0 Å². The van der Waals surface area contributed by atoms with Crippen molar-refractivity contribution >= 4 is 11.6 Å². The van der Waals surface area contributed by atoms with Gasteiger partial charge in [-0.2, -0.15) is 0 Å². The summed E-state index contributed by atoms with van der Waals surface area (Å²) >= 11 is 5.61. The highest BCUT2D eigenvalue weighted by Gasteiger charge is 2.02. The van der Waals surface area contributed by atoms with Crippen LogP contribution in [0.5, 0.6) is 0 Å². The van der Waals surface area contributed by atoms with Crippen LogP contribution in [0.2, 0.25) is 0 Å². The third-order valence-electron chi connectivity index (χ3n) is 1.96. The Kier molecular flexibility index (Phi) is 4.16. The molecular formula is C11H14Cl. The first-order valence-electron chi connectivity index (χ1n) is 4.28. The van der Waals surface area contributed by atoms with Crippen LogP contribution in [0.3, 0.4) is 0 Å². The molecule has 12 heavy (non-hydrogen) atoms. The van der Waals surface area contributed by atoms with Crippen molar-refractivity contribution in [1.29, 1.82) is 0 Å². The van der Waals surface area contributed by atoms with E-state index in [-0.39, 0.29) is 0 Å². The SMILES string of the molecule is [CH2]C(CCCCl)c1ccccc1. The van der Waals surface area contributed by atoms with Crippen molar-refractivity contribution in [1.82, 2.24) is 0 Å². The van der Waals surface area contributed by atoms with E-state index in [2.05, 4.69) is 19.1 Å². The Balaban J connectivity index is 2.48. The standard InChI is InChI=1S/C11H14Cl/c1-10(6-5-9-12)11-7-3-2-4-8-11/h2-4,7-8,10H,1,5-6,9H2. The van der Waals surface area contributed by atoms with E-state index >= 15 is 0 Å². The molecule has 0 nitrogen and oxygen atoms in total. The minimum absolute atomic E-state index is 0.393. The van der Waals surface area contributed by atoms with E-state index in [0.29, 0.717) is 5.92 Å². The zero-order chi connectivity index (χ0) is 8.81. The predicted molar refractivity (Wildman–Crippen MR) is 54.5 cm³/mol. The molecule has 1 unspecified atom stereocenters. The second-order valence-electron chi connectivity index (χ2n) is 2.94. The lowest BCUT2D eigenvalue weighted by Crippen LogP contribution is -1.93. The summed E-state index contributed by atoms with van der Waals surface area (Å²) in [7, 11) is 0. The third kappa shape index (κ3) is 2.86. The van der Waals surface area contributed by atoms with Gasteiger partial charge in [0, 0.05) is 5.88 Å². The number of benzene rings is 1. The van der Waals surface area contributed by atoms with Crippen molar-refractivity contribution < 1.29 is 0 Å². The van der Waals surface area contributed by atoms with Gasteiger partial charge in [0.05, 0.1) is 0 Å². The number of alkyl halides is 1. The van der Waals surface area contributed by atoms with Crippen LogP contribution in [-0.4, -0.2) is 5.88 Å². The normalized spacial score (nSPS) is 12.8. The fraction of sp³-hybridized carbons (Fsp3) is 0.364. The van der Waals surface area contributed by atoms with Crippen LogP contribution in [0.4, 0.5) is 0 Å². The summed E-state index contributed by atoms with van der Waals surface area (Å²) in [4.78, 5) is 0. The van der Waals surface area contributed by atoms with E-state index < -0.39 is 0 Å². The minimum atomic E-state index is 0.393. The van der Waals surface area contributed by atoms with E-state index in [9.17, 15) is 0 Å². The average molecular weight is 182 g/mol. The lowest BCUT2D eigenvalue weighted by atomic mass is 9.97. The minimum Gasteiger partial charge on any atom is -0.127 e. The molecule has 1 atom stereocenters. The van der Waals surface area contributed by atoms with Gasteiger partial charge in [0.15, 0.2) is 0 Å². The van der Waals surface area contributed by atoms with Crippen LogP contribution in [0, 0.1) is 6.92 Å². The fourth-order valence-electron chi connectivity index (χ4n) is 1.22. The Morgan fingerprint density at radius 2 is 1.92 bits per heavy atom. The predicted octanol–water partition coefficient (Wildman–Crippen LogP) is 3.62. The lowest BCUT2D eigenvalue weighted by molar-refractivity contribution is 0.718. The molecule has 0 fully saturated rings. The largest absolute Gasteiger partial charge is 0.127 e. The molecule has 1 rings (SSSR count). The summed E-state index contributed by atoms with van der Waals surface area (Å²) in [6.07, 6.45) is 2.12. The molecule has 0 aliphatic heterocycles. The quantitative estimate of drug-likeness (QED) is 0.623. The van der Waals surface area contributed by atoms with Gasteiger partial charge in [-0.1, -0.05) is 30.3 Å². The fourth-order valence-corrected chi connectivity index (χ4v) is 1.37. The molecule has 1 heteroatoms. The van der Waals surface area contributed by atoms with Crippen LogP contribution in [-0.2, 0) is 0 Å². The Morgan fingerprint density at radius 1 is 1.25 bits per heavy atom. The van der Waals surface area contributed by atoms with Crippen LogP contribution < -0.4 is 0 Å². The number of hydrogen-bond donors (Lipinski definition) is 0. The molecule has 1 aromatic rings. The smallest absolute Gasteiger partial charge is 0.0223 e. The van der Waals surface area contributed by atoms with Gasteiger partial charge in [0.25, 0.3) is 0 Å². The maximum atomic E-state index is 5.61. The van der Waals surface area contributed by atoms with Crippen LogP contribution in [0.1, 0.15) is 24.3 Å². The molecule has 0 spiro atoms. The molecular weight excluding hydrogens is 168 g/mol. The lowest BCUT2D eigenvalue weighted by Gasteiger charge is -2.09. The zero-order valence-electron chi connectivity index (χ0n) is 7.17. The molecule has 0 heterocycles. The van der Waals surface area contributed by atoms with E-state index in [1.165, 1.54) is 5.56 Å². The molecule has 0 aromatic heterocycles. The molecule has 0 aliphatic rings. The highest BCUT2D eigenvalue weighted by Crippen LogP contribution is 2.19. The van der Waals surface area contributed by atoms with Gasteiger partial charge in [0.2, 0.25) is 0 Å². The van der Waals surface area contributed by atoms with E-state index in [4.69, 9.17) is 11.6 Å². The number of hydrogen-bond acceptors (Lipinski definition) is 0. The number of halogens is 1. The Labute approximate surface area is 79.6 Å². The third-order valence-corrected chi connectivity index (χ3v) is 2.22. The summed E-state index contributed by atoms with van der Waals surface area (Å²) in [6.45, 7) is 4.09. The average Bonchev–Trinajstić information content (AvgIpc) is 2.15. The van der Waals surface area contributed by atoms with Gasteiger partial charge < -0.3 is 0 Å². The van der Waals surface area contributed by atoms with Gasteiger partial charge in [-0.05, 0) is 31.2 Å². The highest BCUT2D eigenvalue weighted by molar-refractivity contribution is 6.17. The van der Waals surface area contributed by atoms with Gasteiger partial charge in [-0.25, -0.2) is 0 Å². The summed E-state index contributed by atoms with van der Waals surface area (Å²) in [5, 5.41) is 0. The van der Waals surface area contributed by atoms with Gasteiger partial charge in [-0.3, -0.25) is 0 Å². The first-order valence-corrected chi connectivity index (χ1v) is 4.82. The maximum absolute atomic E-state index is 5.61. The van der Waals surface area contributed by atoms with E-state index in [1.807, 2.05) is 18.2 Å². The summed E-state index contributed by atoms with van der Waals surface area (Å²) < 4.78 is 0. The molecule has 1 radical (unpaired) electrons. The molecule has 0 amide bonds.